The molecule has 1 atom stereocenters. The maximum Gasteiger partial charge on any atom is 0.115 e. The summed E-state index contributed by atoms with van der Waals surface area (Å²) in [5.41, 5.74) is 1.38. The lowest BCUT2D eigenvalue weighted by Gasteiger charge is -2.44. The summed E-state index contributed by atoms with van der Waals surface area (Å²) >= 11 is 0. The zero-order valence-electron chi connectivity index (χ0n) is 7.95. The van der Waals surface area contributed by atoms with Crippen molar-refractivity contribution in [2.45, 2.75) is 20.0 Å². The summed E-state index contributed by atoms with van der Waals surface area (Å²) in [6.07, 6.45) is 0.188. The molecule has 0 spiro atoms. The molecule has 2 heteroatoms. The fourth-order valence-corrected chi connectivity index (χ4v) is 1.70. The van der Waals surface area contributed by atoms with Gasteiger partial charge in [0.2, 0.25) is 0 Å². The first-order chi connectivity index (χ1) is 6.09. The molecule has 0 saturated carbocycles. The van der Waals surface area contributed by atoms with Crippen molar-refractivity contribution >= 4 is 0 Å². The molecule has 2 nitrogen and oxygen atoms in total. The van der Waals surface area contributed by atoms with Gasteiger partial charge in [-0.15, -0.1) is 0 Å². The zero-order chi connectivity index (χ0) is 9.47. The Morgan fingerprint density at radius 1 is 1.31 bits per heavy atom. The van der Waals surface area contributed by atoms with E-state index in [0.29, 0.717) is 5.75 Å². The van der Waals surface area contributed by atoms with Crippen LogP contribution in [0.4, 0.5) is 0 Å². The van der Waals surface area contributed by atoms with Crippen molar-refractivity contribution in [3.05, 3.63) is 29.8 Å². The van der Waals surface area contributed by atoms with Gasteiger partial charge in [0.1, 0.15) is 5.75 Å². The van der Waals surface area contributed by atoms with E-state index in [0.717, 1.165) is 12.2 Å². The van der Waals surface area contributed by atoms with E-state index in [4.69, 9.17) is 9.84 Å². The Bertz CT molecular complexity index is 300. The van der Waals surface area contributed by atoms with Crippen LogP contribution in [-0.2, 0) is 4.74 Å². The first kappa shape index (κ1) is 8.57. The second-order valence-corrected chi connectivity index (χ2v) is 4.27. The van der Waals surface area contributed by atoms with E-state index in [1.807, 2.05) is 12.1 Å². The van der Waals surface area contributed by atoms with Crippen molar-refractivity contribution in [3.8, 4) is 5.75 Å². The normalized spacial score (nSPS) is 25.2. The van der Waals surface area contributed by atoms with Crippen molar-refractivity contribution in [1.82, 2.24) is 0 Å². The van der Waals surface area contributed by atoms with Crippen LogP contribution in [0.2, 0.25) is 0 Å². The number of hydrogen-bond donors (Lipinski definition) is 1. The molecule has 1 aliphatic heterocycles. The standard InChI is InChI=1S/C11H14O2/c1-11(2)7-13-10(11)8-3-5-9(12)6-4-8/h3-6,10,12H,7H2,1-2H3. The predicted molar refractivity (Wildman–Crippen MR) is 50.6 cm³/mol. The largest absolute Gasteiger partial charge is 0.508 e. The zero-order valence-corrected chi connectivity index (χ0v) is 7.95. The van der Waals surface area contributed by atoms with Crippen molar-refractivity contribution in [2.75, 3.05) is 6.61 Å². The molecule has 1 N–H and O–H groups in total. The van der Waals surface area contributed by atoms with Crippen LogP contribution in [-0.4, -0.2) is 11.7 Å². The number of ether oxygens (including phenoxy) is 1. The van der Waals surface area contributed by atoms with Gasteiger partial charge in [0.25, 0.3) is 0 Å². The molecular weight excluding hydrogens is 164 g/mol. The van der Waals surface area contributed by atoms with Crippen LogP contribution in [0.5, 0.6) is 5.75 Å². The SMILES string of the molecule is CC1(C)COC1c1ccc(O)cc1. The predicted octanol–water partition coefficient (Wildman–Crippen LogP) is 2.49. The van der Waals surface area contributed by atoms with Gasteiger partial charge in [-0.2, -0.15) is 0 Å². The number of hydrogen-bond acceptors (Lipinski definition) is 2. The minimum absolute atomic E-state index is 0.188. The molecule has 1 fully saturated rings. The Hall–Kier alpha value is -1.02. The van der Waals surface area contributed by atoms with Gasteiger partial charge < -0.3 is 9.84 Å². The van der Waals surface area contributed by atoms with Crippen LogP contribution in [0, 0.1) is 5.41 Å². The van der Waals surface area contributed by atoms with Crippen LogP contribution in [0.3, 0.4) is 0 Å². The van der Waals surface area contributed by atoms with E-state index < -0.39 is 0 Å². The topological polar surface area (TPSA) is 29.5 Å². The van der Waals surface area contributed by atoms with Gasteiger partial charge in [-0.25, -0.2) is 0 Å². The molecule has 1 aromatic rings. The monoisotopic (exact) mass is 178 g/mol. The molecular formula is C11H14O2. The average molecular weight is 178 g/mol. The highest BCUT2D eigenvalue weighted by molar-refractivity contribution is 5.29. The molecule has 1 heterocycles. The third-order valence-corrected chi connectivity index (χ3v) is 2.53. The minimum atomic E-state index is 0.188. The van der Waals surface area contributed by atoms with Crippen molar-refractivity contribution in [2.24, 2.45) is 5.41 Å². The summed E-state index contributed by atoms with van der Waals surface area (Å²) in [6.45, 7) is 5.20. The lowest BCUT2D eigenvalue weighted by molar-refractivity contribution is -0.172. The molecule has 0 bridgehead atoms. The van der Waals surface area contributed by atoms with E-state index in [9.17, 15) is 0 Å². The number of rotatable bonds is 1. The molecule has 1 aliphatic rings. The number of aromatic hydroxyl groups is 1. The maximum absolute atomic E-state index is 9.12. The summed E-state index contributed by atoms with van der Waals surface area (Å²) in [5, 5.41) is 9.12. The molecule has 1 unspecified atom stereocenters. The van der Waals surface area contributed by atoms with E-state index in [1.165, 1.54) is 0 Å². The van der Waals surface area contributed by atoms with E-state index in [2.05, 4.69) is 13.8 Å². The van der Waals surface area contributed by atoms with Crippen LogP contribution < -0.4 is 0 Å². The fraction of sp³-hybridized carbons (Fsp3) is 0.455. The summed E-state index contributed by atoms with van der Waals surface area (Å²) in [4.78, 5) is 0. The highest BCUT2D eigenvalue weighted by atomic mass is 16.5. The lowest BCUT2D eigenvalue weighted by Crippen LogP contribution is -2.40. The van der Waals surface area contributed by atoms with Crippen LogP contribution >= 0.6 is 0 Å². The second kappa shape index (κ2) is 2.74. The highest BCUT2D eigenvalue weighted by Gasteiger charge is 2.40. The third kappa shape index (κ3) is 1.42. The lowest BCUT2D eigenvalue weighted by atomic mass is 9.79. The fourth-order valence-electron chi connectivity index (χ4n) is 1.70. The van der Waals surface area contributed by atoms with Gasteiger partial charge >= 0.3 is 0 Å². The molecule has 0 aliphatic carbocycles. The molecule has 1 saturated heterocycles. The van der Waals surface area contributed by atoms with Crippen LogP contribution in [0.25, 0.3) is 0 Å². The smallest absolute Gasteiger partial charge is 0.115 e. The van der Waals surface area contributed by atoms with Gasteiger partial charge in [0, 0.05) is 5.41 Å². The Balaban J connectivity index is 2.22. The highest BCUT2D eigenvalue weighted by Crippen LogP contribution is 2.45. The van der Waals surface area contributed by atoms with E-state index in [1.54, 1.807) is 12.1 Å². The number of phenolic OH excluding ortho intramolecular Hbond substituents is 1. The first-order valence-corrected chi connectivity index (χ1v) is 4.50. The summed E-state index contributed by atoms with van der Waals surface area (Å²) in [5.74, 6) is 0.306. The molecule has 13 heavy (non-hydrogen) atoms. The van der Waals surface area contributed by atoms with Crippen molar-refractivity contribution in [3.63, 3.8) is 0 Å². The van der Waals surface area contributed by atoms with Gasteiger partial charge in [-0.05, 0) is 17.7 Å². The minimum Gasteiger partial charge on any atom is -0.508 e. The van der Waals surface area contributed by atoms with Crippen molar-refractivity contribution < 1.29 is 9.84 Å². The summed E-state index contributed by atoms with van der Waals surface area (Å²) in [7, 11) is 0. The van der Waals surface area contributed by atoms with Gasteiger partial charge in [-0.3, -0.25) is 0 Å². The van der Waals surface area contributed by atoms with Crippen molar-refractivity contribution in [1.29, 1.82) is 0 Å². The van der Waals surface area contributed by atoms with Gasteiger partial charge in [0.15, 0.2) is 0 Å². The Labute approximate surface area is 78.2 Å². The number of phenols is 1. The van der Waals surface area contributed by atoms with Crippen LogP contribution in [0.15, 0.2) is 24.3 Å². The van der Waals surface area contributed by atoms with E-state index in [-0.39, 0.29) is 11.5 Å². The Morgan fingerprint density at radius 3 is 2.31 bits per heavy atom. The molecule has 1 aromatic carbocycles. The first-order valence-electron chi connectivity index (χ1n) is 4.50. The Morgan fingerprint density at radius 2 is 1.92 bits per heavy atom. The average Bonchev–Trinajstić information content (AvgIpc) is 2.07. The summed E-state index contributed by atoms with van der Waals surface area (Å²) < 4.78 is 5.49. The van der Waals surface area contributed by atoms with Gasteiger partial charge in [0.05, 0.1) is 12.7 Å². The second-order valence-electron chi connectivity index (χ2n) is 4.27. The number of benzene rings is 1. The molecule has 0 aromatic heterocycles. The summed E-state index contributed by atoms with van der Waals surface area (Å²) in [6, 6.07) is 7.24. The van der Waals surface area contributed by atoms with Gasteiger partial charge in [-0.1, -0.05) is 26.0 Å². The third-order valence-electron chi connectivity index (χ3n) is 2.53. The van der Waals surface area contributed by atoms with E-state index >= 15 is 0 Å². The molecule has 2 rings (SSSR count). The maximum atomic E-state index is 9.12. The molecule has 0 radical (unpaired) electrons. The Kier molecular flexibility index (Phi) is 1.81. The molecule has 0 amide bonds. The molecule has 70 valence electrons. The van der Waals surface area contributed by atoms with Crippen LogP contribution in [0.1, 0.15) is 25.5 Å². The quantitative estimate of drug-likeness (QED) is 0.716.